The molecule has 0 amide bonds. The van der Waals surface area contributed by atoms with Crippen molar-refractivity contribution >= 4 is 15.9 Å². The molecule has 1 aromatic rings. The molecule has 1 unspecified atom stereocenters. The fraction of sp³-hybridized carbons (Fsp3) is 0.538. The van der Waals surface area contributed by atoms with E-state index in [4.69, 9.17) is 5.73 Å². The Morgan fingerprint density at radius 3 is 2.41 bits per heavy atom. The molecule has 4 heteroatoms. The van der Waals surface area contributed by atoms with Gasteiger partial charge in [0.25, 0.3) is 0 Å². The quantitative estimate of drug-likeness (QED) is 0.902. The Labute approximate surface area is 110 Å². The lowest BCUT2D eigenvalue weighted by Gasteiger charge is -2.39. The summed E-state index contributed by atoms with van der Waals surface area (Å²) in [5.41, 5.74) is 4.98. The van der Waals surface area contributed by atoms with Gasteiger partial charge < -0.3 is 10.8 Å². The molecule has 17 heavy (non-hydrogen) atoms. The van der Waals surface area contributed by atoms with E-state index in [1.165, 1.54) is 12.1 Å². The van der Waals surface area contributed by atoms with E-state index in [0.29, 0.717) is 6.42 Å². The summed E-state index contributed by atoms with van der Waals surface area (Å²) in [5.74, 6) is -0.309. The molecule has 0 radical (unpaired) electrons. The SMILES string of the molecule is CC(C)(C)C(O)(CN)Cc1cc(F)ccc1Br. The van der Waals surface area contributed by atoms with Crippen molar-refractivity contribution in [2.75, 3.05) is 6.54 Å². The van der Waals surface area contributed by atoms with Crippen molar-refractivity contribution in [2.24, 2.45) is 11.1 Å². The minimum atomic E-state index is -1.05. The van der Waals surface area contributed by atoms with Crippen molar-refractivity contribution in [2.45, 2.75) is 32.8 Å². The molecule has 0 spiro atoms. The molecule has 0 saturated heterocycles. The minimum Gasteiger partial charge on any atom is -0.388 e. The van der Waals surface area contributed by atoms with E-state index in [2.05, 4.69) is 15.9 Å². The van der Waals surface area contributed by atoms with E-state index in [1.807, 2.05) is 20.8 Å². The summed E-state index contributed by atoms with van der Waals surface area (Å²) in [4.78, 5) is 0. The number of hydrogen-bond acceptors (Lipinski definition) is 2. The molecule has 0 aliphatic heterocycles. The highest BCUT2D eigenvalue weighted by atomic mass is 79.9. The van der Waals surface area contributed by atoms with Gasteiger partial charge in [0.05, 0.1) is 5.60 Å². The van der Waals surface area contributed by atoms with Crippen LogP contribution in [0.4, 0.5) is 4.39 Å². The lowest BCUT2D eigenvalue weighted by molar-refractivity contribution is -0.0492. The fourth-order valence-corrected chi connectivity index (χ4v) is 2.02. The molecule has 0 fully saturated rings. The maximum absolute atomic E-state index is 13.2. The Balaban J connectivity index is 3.07. The van der Waals surface area contributed by atoms with Gasteiger partial charge in [-0.1, -0.05) is 36.7 Å². The van der Waals surface area contributed by atoms with Crippen LogP contribution in [0.25, 0.3) is 0 Å². The minimum absolute atomic E-state index is 0.138. The second kappa shape index (κ2) is 5.04. The Bertz CT molecular complexity index is 403. The van der Waals surface area contributed by atoms with E-state index >= 15 is 0 Å². The zero-order valence-corrected chi connectivity index (χ0v) is 12.0. The van der Waals surface area contributed by atoms with Crippen LogP contribution in [0.5, 0.6) is 0 Å². The highest BCUT2D eigenvalue weighted by molar-refractivity contribution is 9.10. The average Bonchev–Trinajstić information content (AvgIpc) is 2.21. The maximum atomic E-state index is 13.2. The Morgan fingerprint density at radius 2 is 1.94 bits per heavy atom. The Hall–Kier alpha value is -0.450. The number of nitrogens with two attached hydrogens (primary N) is 1. The standard InChI is InChI=1S/C13H19BrFNO/c1-12(2,3)13(17,8-16)7-9-6-10(15)4-5-11(9)14/h4-6,17H,7-8,16H2,1-3H3. The van der Waals surface area contributed by atoms with Gasteiger partial charge in [0, 0.05) is 17.4 Å². The van der Waals surface area contributed by atoms with E-state index in [-0.39, 0.29) is 17.8 Å². The van der Waals surface area contributed by atoms with Gasteiger partial charge in [0.1, 0.15) is 5.82 Å². The number of rotatable bonds is 3. The van der Waals surface area contributed by atoms with Gasteiger partial charge in [-0.2, -0.15) is 0 Å². The van der Waals surface area contributed by atoms with E-state index in [9.17, 15) is 9.50 Å². The Morgan fingerprint density at radius 1 is 1.35 bits per heavy atom. The zero-order chi connectivity index (χ0) is 13.3. The average molecular weight is 304 g/mol. The second-order valence-corrected chi connectivity index (χ2v) is 6.25. The first-order valence-electron chi connectivity index (χ1n) is 5.56. The van der Waals surface area contributed by atoms with Crippen molar-refractivity contribution in [1.82, 2.24) is 0 Å². The van der Waals surface area contributed by atoms with Crippen LogP contribution in [-0.4, -0.2) is 17.3 Å². The lowest BCUT2D eigenvalue weighted by atomic mass is 9.73. The molecule has 1 aromatic carbocycles. The first-order chi connectivity index (χ1) is 7.69. The van der Waals surface area contributed by atoms with Gasteiger partial charge >= 0.3 is 0 Å². The van der Waals surface area contributed by atoms with Crippen molar-refractivity contribution in [3.05, 3.63) is 34.1 Å². The highest BCUT2D eigenvalue weighted by Crippen LogP contribution is 2.34. The summed E-state index contributed by atoms with van der Waals surface area (Å²) in [5, 5.41) is 10.6. The molecule has 0 bridgehead atoms. The third-order valence-corrected chi connectivity index (χ3v) is 4.00. The van der Waals surface area contributed by atoms with Gasteiger partial charge in [0.2, 0.25) is 0 Å². The summed E-state index contributed by atoms with van der Waals surface area (Å²) < 4.78 is 14.0. The van der Waals surface area contributed by atoms with Gasteiger partial charge in [-0.3, -0.25) is 0 Å². The molecule has 2 nitrogen and oxygen atoms in total. The van der Waals surface area contributed by atoms with Gasteiger partial charge in [-0.25, -0.2) is 4.39 Å². The number of benzene rings is 1. The second-order valence-electron chi connectivity index (χ2n) is 5.40. The van der Waals surface area contributed by atoms with Crippen molar-refractivity contribution in [1.29, 1.82) is 0 Å². The third-order valence-electron chi connectivity index (χ3n) is 3.22. The van der Waals surface area contributed by atoms with Crippen molar-refractivity contribution < 1.29 is 9.50 Å². The van der Waals surface area contributed by atoms with Crippen LogP contribution in [0.1, 0.15) is 26.3 Å². The van der Waals surface area contributed by atoms with Crippen LogP contribution < -0.4 is 5.73 Å². The number of halogens is 2. The first kappa shape index (κ1) is 14.6. The molecule has 0 aromatic heterocycles. The lowest BCUT2D eigenvalue weighted by Crippen LogP contribution is -2.51. The molecule has 1 rings (SSSR count). The van der Waals surface area contributed by atoms with Crippen LogP contribution in [0.15, 0.2) is 22.7 Å². The number of aliphatic hydroxyl groups is 1. The molecular formula is C13H19BrFNO. The fourth-order valence-electron chi connectivity index (χ4n) is 1.64. The monoisotopic (exact) mass is 303 g/mol. The number of hydrogen-bond donors (Lipinski definition) is 2. The van der Waals surface area contributed by atoms with Crippen LogP contribution in [-0.2, 0) is 6.42 Å². The molecular weight excluding hydrogens is 285 g/mol. The topological polar surface area (TPSA) is 46.2 Å². The van der Waals surface area contributed by atoms with Crippen LogP contribution >= 0.6 is 15.9 Å². The summed E-state index contributed by atoms with van der Waals surface area (Å²) in [6, 6.07) is 4.45. The smallest absolute Gasteiger partial charge is 0.123 e. The molecule has 0 aliphatic rings. The van der Waals surface area contributed by atoms with E-state index in [1.54, 1.807) is 6.07 Å². The zero-order valence-electron chi connectivity index (χ0n) is 10.4. The molecule has 0 aliphatic carbocycles. The van der Waals surface area contributed by atoms with E-state index in [0.717, 1.165) is 10.0 Å². The normalized spacial score (nSPS) is 15.7. The molecule has 96 valence electrons. The third kappa shape index (κ3) is 3.27. The maximum Gasteiger partial charge on any atom is 0.123 e. The molecule has 0 heterocycles. The largest absolute Gasteiger partial charge is 0.388 e. The highest BCUT2D eigenvalue weighted by Gasteiger charge is 2.39. The summed E-state index contributed by atoms with van der Waals surface area (Å²) >= 11 is 3.36. The van der Waals surface area contributed by atoms with E-state index < -0.39 is 5.60 Å². The molecule has 0 saturated carbocycles. The van der Waals surface area contributed by atoms with Gasteiger partial charge in [0.15, 0.2) is 0 Å². The summed E-state index contributed by atoms with van der Waals surface area (Å²) in [6.45, 7) is 5.91. The Kier molecular flexibility index (Phi) is 4.33. The van der Waals surface area contributed by atoms with Crippen molar-refractivity contribution in [3.8, 4) is 0 Å². The van der Waals surface area contributed by atoms with Crippen LogP contribution in [0, 0.1) is 11.2 Å². The predicted molar refractivity (Wildman–Crippen MR) is 71.3 cm³/mol. The summed E-state index contributed by atoms with van der Waals surface area (Å²) in [7, 11) is 0. The van der Waals surface area contributed by atoms with Crippen LogP contribution in [0.3, 0.4) is 0 Å². The molecule has 1 atom stereocenters. The van der Waals surface area contributed by atoms with Crippen LogP contribution in [0.2, 0.25) is 0 Å². The summed E-state index contributed by atoms with van der Waals surface area (Å²) in [6.07, 6.45) is 0.325. The predicted octanol–water partition coefficient (Wildman–Crippen LogP) is 2.87. The van der Waals surface area contributed by atoms with Gasteiger partial charge in [-0.05, 0) is 29.2 Å². The first-order valence-corrected chi connectivity index (χ1v) is 6.35. The van der Waals surface area contributed by atoms with Crippen molar-refractivity contribution in [3.63, 3.8) is 0 Å². The van der Waals surface area contributed by atoms with Gasteiger partial charge in [-0.15, -0.1) is 0 Å². The molecule has 3 N–H and O–H groups in total.